The smallest absolute Gasteiger partial charge is 0.259 e. The van der Waals surface area contributed by atoms with Gasteiger partial charge in [0.1, 0.15) is 5.56 Å². The lowest BCUT2D eigenvalue weighted by molar-refractivity contribution is 0.0762. The Morgan fingerprint density at radius 2 is 2.29 bits per heavy atom. The molecule has 1 heterocycles. The number of carbonyl (C=O) groups excluding carboxylic acids is 1. The summed E-state index contributed by atoms with van der Waals surface area (Å²) in [5.41, 5.74) is 0.518. The van der Waals surface area contributed by atoms with Crippen LogP contribution in [0.3, 0.4) is 0 Å². The Balaban J connectivity index is 2.92. The summed E-state index contributed by atoms with van der Waals surface area (Å²) in [6.45, 7) is 3.47. The van der Waals surface area contributed by atoms with Gasteiger partial charge in [-0.1, -0.05) is 22.9 Å². The zero-order valence-corrected chi connectivity index (χ0v) is 11.7. The molecule has 0 aromatic carbocycles. The van der Waals surface area contributed by atoms with Crippen LogP contribution in [0, 0.1) is 0 Å². The zero-order valence-electron chi connectivity index (χ0n) is 10.1. The normalized spacial score (nSPS) is 10.1. The number of ether oxygens (including phenoxy) is 1. The summed E-state index contributed by atoms with van der Waals surface area (Å²) in [4.78, 5) is 18.1. The second-order valence-corrected chi connectivity index (χ2v) is 4.33. The first kappa shape index (κ1) is 14.0. The molecule has 0 unspecified atom stereocenters. The molecule has 1 aromatic rings. The highest BCUT2D eigenvalue weighted by molar-refractivity contribution is 9.09. The molecule has 0 atom stereocenters. The fourth-order valence-corrected chi connectivity index (χ4v) is 2.00. The first-order valence-corrected chi connectivity index (χ1v) is 6.71. The van der Waals surface area contributed by atoms with E-state index in [9.17, 15) is 4.79 Å². The predicted octanol–water partition coefficient (Wildman–Crippen LogP) is 2.34. The summed E-state index contributed by atoms with van der Waals surface area (Å²) in [6.07, 6.45) is 2.55. The molecule has 94 valence electrons. The minimum Gasteiger partial charge on any atom is -0.480 e. The SMILES string of the molecule is CCCN(CCBr)C(=O)c1cccnc1OC. The fraction of sp³-hybridized carbons (Fsp3) is 0.500. The quantitative estimate of drug-likeness (QED) is 0.757. The maximum Gasteiger partial charge on any atom is 0.259 e. The predicted molar refractivity (Wildman–Crippen MR) is 70.8 cm³/mol. The van der Waals surface area contributed by atoms with Crippen molar-refractivity contribution in [2.75, 3.05) is 25.5 Å². The number of pyridine rings is 1. The van der Waals surface area contributed by atoms with Crippen LogP contribution in [0.15, 0.2) is 18.3 Å². The van der Waals surface area contributed by atoms with Crippen molar-refractivity contribution < 1.29 is 9.53 Å². The number of alkyl halides is 1. The number of aromatic nitrogens is 1. The van der Waals surface area contributed by atoms with Crippen LogP contribution in [0.4, 0.5) is 0 Å². The van der Waals surface area contributed by atoms with Crippen LogP contribution in [-0.4, -0.2) is 41.3 Å². The average Bonchev–Trinajstić information content (AvgIpc) is 2.37. The standard InChI is InChI=1S/C12H17BrN2O2/c1-3-8-15(9-6-13)12(16)10-5-4-7-14-11(10)17-2/h4-5,7H,3,6,8-9H2,1-2H3. The molecule has 0 aliphatic heterocycles. The molecule has 17 heavy (non-hydrogen) atoms. The lowest BCUT2D eigenvalue weighted by atomic mass is 10.2. The third-order valence-electron chi connectivity index (χ3n) is 2.33. The van der Waals surface area contributed by atoms with E-state index in [0.717, 1.165) is 18.3 Å². The summed E-state index contributed by atoms with van der Waals surface area (Å²) >= 11 is 3.36. The Hall–Kier alpha value is -1.10. The van der Waals surface area contributed by atoms with Gasteiger partial charge in [0, 0.05) is 24.6 Å². The molecule has 1 rings (SSSR count). The molecule has 5 heteroatoms. The van der Waals surface area contributed by atoms with E-state index in [1.165, 1.54) is 7.11 Å². The van der Waals surface area contributed by atoms with Gasteiger partial charge < -0.3 is 9.64 Å². The third kappa shape index (κ3) is 3.70. The topological polar surface area (TPSA) is 42.4 Å². The van der Waals surface area contributed by atoms with E-state index in [0.29, 0.717) is 18.0 Å². The molecule has 0 radical (unpaired) electrons. The van der Waals surface area contributed by atoms with Crippen molar-refractivity contribution in [3.05, 3.63) is 23.9 Å². The molecular formula is C12H17BrN2O2. The number of carbonyl (C=O) groups is 1. The second kappa shape index (κ2) is 7.27. The van der Waals surface area contributed by atoms with Gasteiger partial charge in [0.25, 0.3) is 5.91 Å². The van der Waals surface area contributed by atoms with Crippen LogP contribution in [0.1, 0.15) is 23.7 Å². The molecule has 1 amide bonds. The maximum atomic E-state index is 12.3. The summed E-state index contributed by atoms with van der Waals surface area (Å²) in [6, 6.07) is 3.49. The molecule has 0 aliphatic rings. The largest absolute Gasteiger partial charge is 0.480 e. The average molecular weight is 301 g/mol. The first-order valence-electron chi connectivity index (χ1n) is 5.58. The summed E-state index contributed by atoms with van der Waals surface area (Å²) in [5, 5.41) is 0.765. The van der Waals surface area contributed by atoms with E-state index in [2.05, 4.69) is 27.8 Å². The van der Waals surface area contributed by atoms with Crippen molar-refractivity contribution in [1.82, 2.24) is 9.88 Å². The molecule has 0 fully saturated rings. The number of rotatable bonds is 6. The van der Waals surface area contributed by atoms with Crippen LogP contribution in [0.25, 0.3) is 0 Å². The molecule has 0 bridgehead atoms. The Kier molecular flexibility index (Phi) is 5.97. The van der Waals surface area contributed by atoms with Gasteiger partial charge in [0.2, 0.25) is 5.88 Å². The van der Waals surface area contributed by atoms with Crippen LogP contribution >= 0.6 is 15.9 Å². The highest BCUT2D eigenvalue weighted by Gasteiger charge is 2.18. The molecule has 0 spiro atoms. The van der Waals surface area contributed by atoms with Gasteiger partial charge in [-0.05, 0) is 18.6 Å². The third-order valence-corrected chi connectivity index (χ3v) is 2.68. The first-order chi connectivity index (χ1) is 8.24. The summed E-state index contributed by atoms with van der Waals surface area (Å²) in [5.74, 6) is 0.351. The molecule has 0 aliphatic carbocycles. The number of hydrogen-bond acceptors (Lipinski definition) is 3. The summed E-state index contributed by atoms with van der Waals surface area (Å²) < 4.78 is 5.10. The van der Waals surface area contributed by atoms with E-state index in [1.807, 2.05) is 0 Å². The van der Waals surface area contributed by atoms with Crippen LogP contribution < -0.4 is 4.74 Å². The molecule has 0 saturated heterocycles. The Morgan fingerprint density at radius 3 is 2.88 bits per heavy atom. The molecule has 0 N–H and O–H groups in total. The van der Waals surface area contributed by atoms with E-state index < -0.39 is 0 Å². The van der Waals surface area contributed by atoms with Crippen LogP contribution in [-0.2, 0) is 0 Å². The fourth-order valence-electron chi connectivity index (χ4n) is 1.57. The van der Waals surface area contributed by atoms with Gasteiger partial charge in [0.05, 0.1) is 7.11 Å². The number of nitrogens with zero attached hydrogens (tertiary/aromatic N) is 2. The zero-order chi connectivity index (χ0) is 12.7. The van der Waals surface area contributed by atoms with Gasteiger partial charge in [-0.15, -0.1) is 0 Å². The van der Waals surface area contributed by atoms with Crippen molar-refractivity contribution >= 4 is 21.8 Å². The lowest BCUT2D eigenvalue weighted by Gasteiger charge is -2.21. The van der Waals surface area contributed by atoms with Crippen molar-refractivity contribution in [1.29, 1.82) is 0 Å². The molecular weight excluding hydrogens is 284 g/mol. The molecule has 1 aromatic heterocycles. The van der Waals surface area contributed by atoms with Crippen molar-refractivity contribution in [3.8, 4) is 5.88 Å². The van der Waals surface area contributed by atoms with Gasteiger partial charge in [-0.3, -0.25) is 4.79 Å². The van der Waals surface area contributed by atoms with Crippen LogP contribution in [0.5, 0.6) is 5.88 Å². The van der Waals surface area contributed by atoms with Gasteiger partial charge in [0.15, 0.2) is 0 Å². The highest BCUT2D eigenvalue weighted by Crippen LogP contribution is 2.16. The summed E-state index contributed by atoms with van der Waals surface area (Å²) in [7, 11) is 1.52. The monoisotopic (exact) mass is 300 g/mol. The van der Waals surface area contributed by atoms with Crippen molar-refractivity contribution in [2.24, 2.45) is 0 Å². The Bertz CT molecular complexity index is 365. The minimum absolute atomic E-state index is 0.0312. The maximum absolute atomic E-state index is 12.3. The van der Waals surface area contributed by atoms with Gasteiger partial charge in [-0.25, -0.2) is 4.98 Å². The number of amides is 1. The van der Waals surface area contributed by atoms with E-state index in [4.69, 9.17) is 4.74 Å². The van der Waals surface area contributed by atoms with Crippen molar-refractivity contribution in [2.45, 2.75) is 13.3 Å². The van der Waals surface area contributed by atoms with E-state index in [-0.39, 0.29) is 5.91 Å². The minimum atomic E-state index is -0.0312. The van der Waals surface area contributed by atoms with E-state index in [1.54, 1.807) is 23.2 Å². The number of halogens is 1. The second-order valence-electron chi connectivity index (χ2n) is 3.54. The number of hydrogen-bond donors (Lipinski definition) is 0. The van der Waals surface area contributed by atoms with Gasteiger partial charge in [-0.2, -0.15) is 0 Å². The Morgan fingerprint density at radius 1 is 1.53 bits per heavy atom. The van der Waals surface area contributed by atoms with Crippen LogP contribution in [0.2, 0.25) is 0 Å². The molecule has 4 nitrogen and oxygen atoms in total. The van der Waals surface area contributed by atoms with Crippen molar-refractivity contribution in [3.63, 3.8) is 0 Å². The van der Waals surface area contributed by atoms with Gasteiger partial charge >= 0.3 is 0 Å². The number of methoxy groups -OCH3 is 1. The Labute approximate surface area is 110 Å². The highest BCUT2D eigenvalue weighted by atomic mass is 79.9. The van der Waals surface area contributed by atoms with E-state index >= 15 is 0 Å². The molecule has 0 saturated carbocycles. The lowest BCUT2D eigenvalue weighted by Crippen LogP contribution is -2.33.